The topological polar surface area (TPSA) is 18.5 Å². The molecule has 0 unspecified atom stereocenters. The number of hydrogen-bond donors (Lipinski definition) is 0. The predicted octanol–water partition coefficient (Wildman–Crippen LogP) is 1.04. The van der Waals surface area contributed by atoms with E-state index >= 15 is 0 Å². The van der Waals surface area contributed by atoms with Gasteiger partial charge in [-0.25, -0.2) is 0 Å². The molecule has 0 amide bonds. The minimum Gasteiger partial charge on any atom is -0.355 e. The molecule has 8 heavy (non-hydrogen) atoms. The Morgan fingerprint density at radius 2 is 1.88 bits per heavy atom. The standard InChI is InChI=1S/C6H12O2/c1-3-5-8-6-7-4-2/h1-6H2. The molecule has 0 spiro atoms. The lowest BCUT2D eigenvalue weighted by molar-refractivity contribution is -0.0428. The summed E-state index contributed by atoms with van der Waals surface area (Å²) in [5.41, 5.74) is 0. The first-order chi connectivity index (χ1) is 3.91. The molecular formula is C6H12O2. The second kappa shape index (κ2) is 6.92. The monoisotopic (exact) mass is 116 g/mol. The highest BCUT2D eigenvalue weighted by Gasteiger charge is 1.80. The Kier molecular flexibility index (Phi) is 6.85. The van der Waals surface area contributed by atoms with Crippen LogP contribution in [0.4, 0.5) is 0 Å². The summed E-state index contributed by atoms with van der Waals surface area (Å²) in [6.45, 7) is 8.53. The molecule has 0 aliphatic rings. The SMILES string of the molecule is [CH2]CCOCOC[CH2]. The summed E-state index contributed by atoms with van der Waals surface area (Å²) < 4.78 is 9.67. The number of ether oxygens (including phenoxy) is 2. The van der Waals surface area contributed by atoms with E-state index in [0.717, 1.165) is 6.42 Å². The average molecular weight is 116 g/mol. The first kappa shape index (κ1) is 7.92. The van der Waals surface area contributed by atoms with Crippen LogP contribution in [-0.2, 0) is 9.47 Å². The molecule has 2 radical (unpaired) electrons. The van der Waals surface area contributed by atoms with Crippen LogP contribution in [0.25, 0.3) is 0 Å². The van der Waals surface area contributed by atoms with Crippen LogP contribution in [0.15, 0.2) is 0 Å². The molecule has 0 saturated heterocycles. The van der Waals surface area contributed by atoms with E-state index in [0.29, 0.717) is 20.0 Å². The molecule has 0 bridgehead atoms. The maximum Gasteiger partial charge on any atom is 0.146 e. The Morgan fingerprint density at radius 1 is 1.12 bits per heavy atom. The van der Waals surface area contributed by atoms with Crippen molar-refractivity contribution in [2.75, 3.05) is 20.0 Å². The van der Waals surface area contributed by atoms with Gasteiger partial charge in [0.05, 0.1) is 0 Å². The smallest absolute Gasteiger partial charge is 0.146 e. The van der Waals surface area contributed by atoms with Crippen LogP contribution < -0.4 is 0 Å². The zero-order chi connectivity index (χ0) is 6.24. The maximum absolute atomic E-state index is 4.90. The van der Waals surface area contributed by atoms with Crippen molar-refractivity contribution in [3.05, 3.63) is 13.8 Å². The molecular weight excluding hydrogens is 104 g/mol. The van der Waals surface area contributed by atoms with Crippen molar-refractivity contribution in [2.45, 2.75) is 6.42 Å². The minimum absolute atomic E-state index is 0.346. The molecule has 0 fully saturated rings. The van der Waals surface area contributed by atoms with E-state index in [9.17, 15) is 0 Å². The van der Waals surface area contributed by atoms with E-state index in [2.05, 4.69) is 13.8 Å². The first-order valence-corrected chi connectivity index (χ1v) is 2.65. The third-order valence-corrected chi connectivity index (χ3v) is 0.600. The lowest BCUT2D eigenvalue weighted by Crippen LogP contribution is -1.99. The van der Waals surface area contributed by atoms with Gasteiger partial charge in [0.15, 0.2) is 0 Å². The summed E-state index contributed by atoms with van der Waals surface area (Å²) in [4.78, 5) is 0. The van der Waals surface area contributed by atoms with Crippen LogP contribution in [0.2, 0.25) is 0 Å². The quantitative estimate of drug-likeness (QED) is 0.394. The molecule has 0 aromatic rings. The summed E-state index contributed by atoms with van der Waals surface area (Å²) in [5.74, 6) is 0. The van der Waals surface area contributed by atoms with Crippen LogP contribution in [0.5, 0.6) is 0 Å². The molecule has 0 atom stereocenters. The molecule has 0 aromatic carbocycles. The lowest BCUT2D eigenvalue weighted by atomic mass is 10.5. The van der Waals surface area contributed by atoms with Gasteiger partial charge in [0, 0.05) is 13.2 Å². The van der Waals surface area contributed by atoms with Gasteiger partial charge in [-0.05, 0) is 13.3 Å². The predicted molar refractivity (Wildman–Crippen MR) is 32.1 cm³/mol. The van der Waals surface area contributed by atoms with E-state index in [4.69, 9.17) is 9.47 Å². The summed E-state index contributed by atoms with van der Waals surface area (Å²) in [6.07, 6.45) is 0.792. The Bertz CT molecular complexity index is 31.5. The van der Waals surface area contributed by atoms with Gasteiger partial charge in [-0.15, -0.1) is 0 Å². The number of rotatable bonds is 5. The van der Waals surface area contributed by atoms with E-state index in [1.807, 2.05) is 0 Å². The Labute approximate surface area is 50.8 Å². The Morgan fingerprint density at radius 3 is 2.38 bits per heavy atom. The van der Waals surface area contributed by atoms with Gasteiger partial charge >= 0.3 is 0 Å². The van der Waals surface area contributed by atoms with Crippen molar-refractivity contribution >= 4 is 0 Å². The summed E-state index contributed by atoms with van der Waals surface area (Å²) in [7, 11) is 0. The average Bonchev–Trinajstić information content (AvgIpc) is 1.81. The second-order valence-electron chi connectivity index (χ2n) is 1.29. The molecule has 0 saturated carbocycles. The van der Waals surface area contributed by atoms with E-state index in [-0.39, 0.29) is 0 Å². The second-order valence-corrected chi connectivity index (χ2v) is 1.29. The van der Waals surface area contributed by atoms with Crippen molar-refractivity contribution in [1.82, 2.24) is 0 Å². The van der Waals surface area contributed by atoms with Crippen LogP contribution >= 0.6 is 0 Å². The lowest BCUT2D eigenvalue weighted by Gasteiger charge is -1.99. The fourth-order valence-electron chi connectivity index (χ4n) is 0.279. The largest absolute Gasteiger partial charge is 0.355 e. The van der Waals surface area contributed by atoms with Crippen molar-refractivity contribution in [1.29, 1.82) is 0 Å². The fourth-order valence-corrected chi connectivity index (χ4v) is 0.279. The fraction of sp³-hybridized carbons (Fsp3) is 0.667. The Balaban J connectivity index is 2.53. The van der Waals surface area contributed by atoms with Crippen LogP contribution in [0.3, 0.4) is 0 Å². The third kappa shape index (κ3) is 5.92. The highest BCUT2D eigenvalue weighted by Crippen LogP contribution is 1.79. The van der Waals surface area contributed by atoms with E-state index in [1.54, 1.807) is 0 Å². The highest BCUT2D eigenvalue weighted by molar-refractivity contribution is 4.33. The highest BCUT2D eigenvalue weighted by atomic mass is 16.7. The zero-order valence-electron chi connectivity index (χ0n) is 5.06. The van der Waals surface area contributed by atoms with Crippen LogP contribution in [0, 0.1) is 13.8 Å². The third-order valence-electron chi connectivity index (χ3n) is 0.600. The summed E-state index contributed by atoms with van der Waals surface area (Å²) >= 11 is 0. The Hall–Kier alpha value is -0.0800. The van der Waals surface area contributed by atoms with Gasteiger partial charge in [0.1, 0.15) is 6.79 Å². The number of hydrogen-bond acceptors (Lipinski definition) is 2. The van der Waals surface area contributed by atoms with Gasteiger partial charge < -0.3 is 9.47 Å². The van der Waals surface area contributed by atoms with Crippen molar-refractivity contribution in [2.24, 2.45) is 0 Å². The molecule has 0 aliphatic heterocycles. The van der Waals surface area contributed by atoms with Crippen molar-refractivity contribution in [3.63, 3.8) is 0 Å². The molecule has 2 heteroatoms. The normalized spacial score (nSPS) is 9.75. The summed E-state index contributed by atoms with van der Waals surface area (Å²) in [6, 6.07) is 0. The van der Waals surface area contributed by atoms with Crippen molar-refractivity contribution < 1.29 is 9.47 Å². The molecule has 0 rings (SSSR count). The van der Waals surface area contributed by atoms with Crippen LogP contribution in [0.1, 0.15) is 6.42 Å². The summed E-state index contributed by atoms with van der Waals surface area (Å²) in [5, 5.41) is 0. The first-order valence-electron chi connectivity index (χ1n) is 2.65. The van der Waals surface area contributed by atoms with Gasteiger partial charge in [-0.2, -0.15) is 0 Å². The van der Waals surface area contributed by atoms with Gasteiger partial charge in [0.25, 0.3) is 0 Å². The molecule has 0 heterocycles. The van der Waals surface area contributed by atoms with Gasteiger partial charge in [-0.3, -0.25) is 0 Å². The minimum atomic E-state index is 0.346. The molecule has 2 nitrogen and oxygen atoms in total. The molecule has 0 aromatic heterocycles. The van der Waals surface area contributed by atoms with Crippen molar-refractivity contribution in [3.8, 4) is 0 Å². The van der Waals surface area contributed by atoms with Gasteiger partial charge in [0.2, 0.25) is 0 Å². The maximum atomic E-state index is 4.90. The van der Waals surface area contributed by atoms with Crippen LogP contribution in [-0.4, -0.2) is 20.0 Å². The zero-order valence-corrected chi connectivity index (χ0v) is 5.06. The van der Waals surface area contributed by atoms with Gasteiger partial charge in [-0.1, -0.05) is 6.92 Å². The molecule has 0 N–H and O–H groups in total. The van der Waals surface area contributed by atoms with E-state index in [1.165, 1.54) is 0 Å². The molecule has 0 aliphatic carbocycles. The molecule has 48 valence electrons. The van der Waals surface area contributed by atoms with E-state index < -0.39 is 0 Å².